The monoisotopic (exact) mass is 426 g/mol. The van der Waals surface area contributed by atoms with Gasteiger partial charge in [-0.1, -0.05) is 36.4 Å². The molecule has 0 atom stereocenters. The number of nitrogens with zero attached hydrogens (tertiary/aromatic N) is 4. The van der Waals surface area contributed by atoms with Crippen LogP contribution in [0, 0.1) is 0 Å². The normalized spacial score (nSPS) is 15.3. The zero-order chi connectivity index (χ0) is 21.8. The molecule has 164 valence electrons. The molecule has 0 N–H and O–H groups in total. The second-order valence-electron chi connectivity index (χ2n) is 8.58. The van der Waals surface area contributed by atoms with Gasteiger partial charge in [-0.3, -0.25) is 9.88 Å². The highest BCUT2D eigenvalue weighted by Crippen LogP contribution is 2.34. The number of pyridine rings is 1. The number of aromatic nitrogens is 3. The average Bonchev–Trinajstić information content (AvgIpc) is 3.16. The van der Waals surface area contributed by atoms with E-state index in [0.29, 0.717) is 12.5 Å². The zero-order valence-electron chi connectivity index (χ0n) is 18.7. The number of fused-ring (bicyclic) bond motifs is 1. The molecule has 1 fully saturated rings. The van der Waals surface area contributed by atoms with E-state index in [4.69, 9.17) is 9.72 Å². The molecule has 0 aliphatic carbocycles. The van der Waals surface area contributed by atoms with Crippen LogP contribution in [-0.4, -0.2) is 39.1 Å². The Labute approximate surface area is 189 Å². The SMILES string of the molecule is Cn1c(CN2CCC(c3ccccc3OCCc3ccccn3)CC2)nc2ccccc21. The smallest absolute Gasteiger partial charge is 0.123 e. The van der Waals surface area contributed by atoms with E-state index in [1.165, 1.54) is 11.1 Å². The number of para-hydroxylation sites is 3. The number of ether oxygens (including phenoxy) is 1. The Morgan fingerprint density at radius 3 is 2.53 bits per heavy atom. The van der Waals surface area contributed by atoms with Crippen molar-refractivity contribution in [2.75, 3.05) is 19.7 Å². The van der Waals surface area contributed by atoms with Gasteiger partial charge in [-0.15, -0.1) is 0 Å². The van der Waals surface area contributed by atoms with E-state index in [2.05, 4.69) is 76.1 Å². The lowest BCUT2D eigenvalue weighted by Gasteiger charge is -2.32. The lowest BCUT2D eigenvalue weighted by molar-refractivity contribution is 0.196. The Bertz CT molecular complexity index is 1160. The number of benzene rings is 2. The first-order valence-corrected chi connectivity index (χ1v) is 11.5. The predicted octanol–water partition coefficient (Wildman–Crippen LogP) is 4.97. The maximum absolute atomic E-state index is 6.20. The first kappa shape index (κ1) is 20.7. The van der Waals surface area contributed by atoms with Gasteiger partial charge < -0.3 is 9.30 Å². The first-order valence-electron chi connectivity index (χ1n) is 11.5. The van der Waals surface area contributed by atoms with Crippen LogP contribution in [0.25, 0.3) is 11.0 Å². The summed E-state index contributed by atoms with van der Waals surface area (Å²) in [7, 11) is 2.12. The molecular weight excluding hydrogens is 396 g/mol. The Balaban J connectivity index is 1.19. The van der Waals surface area contributed by atoms with Crippen molar-refractivity contribution in [3.8, 4) is 5.75 Å². The second-order valence-corrected chi connectivity index (χ2v) is 8.58. The molecule has 4 aromatic rings. The quantitative estimate of drug-likeness (QED) is 0.419. The lowest BCUT2D eigenvalue weighted by Crippen LogP contribution is -2.33. The van der Waals surface area contributed by atoms with E-state index in [-0.39, 0.29) is 0 Å². The summed E-state index contributed by atoms with van der Waals surface area (Å²) in [5.41, 5.74) is 4.70. The van der Waals surface area contributed by atoms with Gasteiger partial charge in [0.1, 0.15) is 11.6 Å². The molecule has 0 unspecified atom stereocenters. The maximum Gasteiger partial charge on any atom is 0.123 e. The number of hydrogen-bond donors (Lipinski definition) is 0. The molecule has 0 saturated carbocycles. The molecule has 32 heavy (non-hydrogen) atoms. The number of rotatable bonds is 7. The highest BCUT2D eigenvalue weighted by atomic mass is 16.5. The molecule has 2 aromatic carbocycles. The zero-order valence-corrected chi connectivity index (χ0v) is 18.7. The minimum atomic E-state index is 0.540. The Morgan fingerprint density at radius 1 is 0.938 bits per heavy atom. The Kier molecular flexibility index (Phi) is 6.17. The van der Waals surface area contributed by atoms with Crippen LogP contribution in [0.3, 0.4) is 0 Å². The van der Waals surface area contributed by atoms with Crippen molar-refractivity contribution in [1.82, 2.24) is 19.4 Å². The van der Waals surface area contributed by atoms with Gasteiger partial charge in [0.2, 0.25) is 0 Å². The van der Waals surface area contributed by atoms with Crippen LogP contribution in [0.5, 0.6) is 5.75 Å². The largest absolute Gasteiger partial charge is 0.493 e. The number of aryl methyl sites for hydroxylation is 1. The third-order valence-electron chi connectivity index (χ3n) is 6.53. The van der Waals surface area contributed by atoms with Crippen molar-refractivity contribution in [3.05, 3.63) is 90.0 Å². The standard InChI is InChI=1S/C27H30N4O/c1-30-25-11-4-3-10-24(25)29-27(30)20-31-17-13-21(14-18-31)23-9-2-5-12-26(23)32-19-15-22-8-6-7-16-28-22/h2-12,16,21H,13-15,17-20H2,1H3. The summed E-state index contributed by atoms with van der Waals surface area (Å²) in [4.78, 5) is 11.8. The van der Waals surface area contributed by atoms with Crippen molar-refractivity contribution in [3.63, 3.8) is 0 Å². The molecule has 5 rings (SSSR count). The average molecular weight is 427 g/mol. The summed E-state index contributed by atoms with van der Waals surface area (Å²) in [5.74, 6) is 2.71. The van der Waals surface area contributed by atoms with Gasteiger partial charge in [0.05, 0.1) is 24.2 Å². The van der Waals surface area contributed by atoms with Gasteiger partial charge in [0.15, 0.2) is 0 Å². The van der Waals surface area contributed by atoms with Gasteiger partial charge in [-0.25, -0.2) is 4.98 Å². The van der Waals surface area contributed by atoms with Gasteiger partial charge in [0, 0.05) is 25.4 Å². The van der Waals surface area contributed by atoms with Crippen LogP contribution in [0.4, 0.5) is 0 Å². The van der Waals surface area contributed by atoms with Crippen LogP contribution in [0.2, 0.25) is 0 Å². The Morgan fingerprint density at radius 2 is 1.72 bits per heavy atom. The van der Waals surface area contributed by atoms with Crippen molar-refractivity contribution in [2.24, 2.45) is 7.05 Å². The fourth-order valence-electron chi connectivity index (χ4n) is 4.70. The van der Waals surface area contributed by atoms with Crippen LogP contribution >= 0.6 is 0 Å². The van der Waals surface area contributed by atoms with Crippen LogP contribution < -0.4 is 4.74 Å². The summed E-state index contributed by atoms with van der Waals surface area (Å²) < 4.78 is 8.43. The van der Waals surface area contributed by atoms with E-state index < -0.39 is 0 Å². The molecule has 5 nitrogen and oxygen atoms in total. The number of likely N-dealkylation sites (tertiary alicyclic amines) is 1. The van der Waals surface area contributed by atoms with Crippen LogP contribution in [0.1, 0.15) is 35.8 Å². The molecule has 5 heteroatoms. The van der Waals surface area contributed by atoms with Crippen LogP contribution in [0.15, 0.2) is 72.9 Å². The van der Waals surface area contributed by atoms with E-state index in [0.717, 1.165) is 61.7 Å². The number of piperidine rings is 1. The molecule has 0 radical (unpaired) electrons. The molecule has 3 heterocycles. The first-order chi connectivity index (χ1) is 15.8. The summed E-state index contributed by atoms with van der Waals surface area (Å²) in [6.45, 7) is 3.71. The van der Waals surface area contributed by atoms with Crippen molar-refractivity contribution < 1.29 is 4.74 Å². The second kappa shape index (κ2) is 9.53. The fourth-order valence-corrected chi connectivity index (χ4v) is 4.70. The van der Waals surface area contributed by atoms with E-state index in [1.54, 1.807) is 0 Å². The third kappa shape index (κ3) is 4.53. The molecule has 2 aromatic heterocycles. The third-order valence-corrected chi connectivity index (χ3v) is 6.53. The van der Waals surface area contributed by atoms with Crippen molar-refractivity contribution in [2.45, 2.75) is 31.7 Å². The number of imidazole rings is 1. The maximum atomic E-state index is 6.20. The molecule has 0 bridgehead atoms. The summed E-state index contributed by atoms with van der Waals surface area (Å²) in [5, 5.41) is 0. The number of hydrogen-bond acceptors (Lipinski definition) is 4. The summed E-state index contributed by atoms with van der Waals surface area (Å²) in [6, 6.07) is 22.9. The molecule has 1 aliphatic heterocycles. The Hall–Kier alpha value is -3.18. The fraction of sp³-hybridized carbons (Fsp3) is 0.333. The highest BCUT2D eigenvalue weighted by Gasteiger charge is 2.24. The molecule has 1 aliphatic rings. The molecule has 0 amide bonds. The minimum Gasteiger partial charge on any atom is -0.493 e. The molecule has 1 saturated heterocycles. The van der Waals surface area contributed by atoms with Gasteiger partial charge in [-0.05, 0) is 67.7 Å². The lowest BCUT2D eigenvalue weighted by atomic mass is 9.89. The summed E-state index contributed by atoms with van der Waals surface area (Å²) >= 11 is 0. The topological polar surface area (TPSA) is 43.2 Å². The van der Waals surface area contributed by atoms with Crippen molar-refractivity contribution >= 4 is 11.0 Å². The molecular formula is C27H30N4O. The minimum absolute atomic E-state index is 0.540. The van der Waals surface area contributed by atoms with Gasteiger partial charge >= 0.3 is 0 Å². The van der Waals surface area contributed by atoms with Gasteiger partial charge in [0.25, 0.3) is 0 Å². The predicted molar refractivity (Wildman–Crippen MR) is 128 cm³/mol. The summed E-state index contributed by atoms with van der Waals surface area (Å²) in [6.07, 6.45) is 4.95. The van der Waals surface area contributed by atoms with Crippen molar-refractivity contribution in [1.29, 1.82) is 0 Å². The van der Waals surface area contributed by atoms with E-state index >= 15 is 0 Å². The van der Waals surface area contributed by atoms with Gasteiger partial charge in [-0.2, -0.15) is 0 Å². The van der Waals surface area contributed by atoms with E-state index in [1.807, 2.05) is 18.3 Å². The highest BCUT2D eigenvalue weighted by molar-refractivity contribution is 5.75. The molecule has 0 spiro atoms. The van der Waals surface area contributed by atoms with Crippen LogP contribution in [-0.2, 0) is 20.0 Å². The van der Waals surface area contributed by atoms with E-state index in [9.17, 15) is 0 Å².